The Bertz CT molecular complexity index is 764. The summed E-state index contributed by atoms with van der Waals surface area (Å²) >= 11 is 0. The van der Waals surface area contributed by atoms with Gasteiger partial charge in [-0.15, -0.1) is 0 Å². The van der Waals surface area contributed by atoms with Gasteiger partial charge in [0.2, 0.25) is 11.8 Å². The van der Waals surface area contributed by atoms with Crippen molar-refractivity contribution in [1.82, 2.24) is 9.88 Å². The lowest BCUT2D eigenvalue weighted by atomic mass is 9.72. The Morgan fingerprint density at radius 3 is 2.28 bits per heavy atom. The van der Waals surface area contributed by atoms with Crippen LogP contribution in [0.2, 0.25) is 0 Å². The molecule has 5 heteroatoms. The smallest absolute Gasteiger partial charge is 0.246 e. The molecule has 1 aromatic heterocycles. The molecule has 1 fully saturated rings. The molecule has 0 spiro atoms. The number of primary amides is 1. The molecular weight excluding hydrogens is 314 g/mol. The van der Waals surface area contributed by atoms with E-state index in [1.54, 1.807) is 29.4 Å². The Labute approximate surface area is 147 Å². The summed E-state index contributed by atoms with van der Waals surface area (Å²) in [5.41, 5.74) is 6.90. The molecular formula is C20H21N3O2. The van der Waals surface area contributed by atoms with Crippen LogP contribution in [0.4, 0.5) is 0 Å². The summed E-state index contributed by atoms with van der Waals surface area (Å²) < 4.78 is 0. The highest BCUT2D eigenvalue weighted by atomic mass is 16.2. The molecule has 1 saturated heterocycles. The summed E-state index contributed by atoms with van der Waals surface area (Å²) in [6.45, 7) is 1.02. The Kier molecular flexibility index (Phi) is 4.93. The number of carbonyl (C=O) groups excluding carboxylic acids is 2. The highest BCUT2D eigenvalue weighted by Crippen LogP contribution is 2.35. The molecule has 0 saturated carbocycles. The van der Waals surface area contributed by atoms with Crippen LogP contribution in [-0.4, -0.2) is 34.8 Å². The van der Waals surface area contributed by atoms with Gasteiger partial charge < -0.3 is 10.6 Å². The van der Waals surface area contributed by atoms with Gasteiger partial charge in [-0.25, -0.2) is 0 Å². The first-order valence-electron chi connectivity index (χ1n) is 8.34. The number of nitrogens with zero attached hydrogens (tertiary/aromatic N) is 2. The second-order valence-electron chi connectivity index (χ2n) is 6.25. The summed E-state index contributed by atoms with van der Waals surface area (Å²) in [6.07, 6.45) is 7.80. The summed E-state index contributed by atoms with van der Waals surface area (Å²) in [6, 6.07) is 13.3. The highest BCUT2D eigenvalue weighted by molar-refractivity contribution is 5.92. The Balaban J connectivity index is 1.69. The number of amides is 2. The number of nitrogens with two attached hydrogens (primary N) is 1. The van der Waals surface area contributed by atoms with E-state index in [4.69, 9.17) is 5.73 Å². The second kappa shape index (κ2) is 7.30. The zero-order valence-corrected chi connectivity index (χ0v) is 14.0. The number of carbonyl (C=O) groups is 2. The average molecular weight is 335 g/mol. The molecule has 2 N–H and O–H groups in total. The zero-order chi connectivity index (χ0) is 17.7. The van der Waals surface area contributed by atoms with E-state index in [1.165, 1.54) is 0 Å². The van der Waals surface area contributed by atoms with Gasteiger partial charge in [0.05, 0.1) is 5.41 Å². The first-order valence-corrected chi connectivity index (χ1v) is 8.34. The van der Waals surface area contributed by atoms with Crippen LogP contribution in [0.15, 0.2) is 60.9 Å². The third-order valence-corrected chi connectivity index (χ3v) is 4.85. The third kappa shape index (κ3) is 3.60. The predicted molar refractivity (Wildman–Crippen MR) is 96.4 cm³/mol. The number of benzene rings is 1. The summed E-state index contributed by atoms with van der Waals surface area (Å²) in [7, 11) is 0. The van der Waals surface area contributed by atoms with Gasteiger partial charge >= 0.3 is 0 Å². The fraction of sp³-hybridized carbons (Fsp3) is 0.250. The van der Waals surface area contributed by atoms with Crippen LogP contribution >= 0.6 is 0 Å². The largest absolute Gasteiger partial charge is 0.369 e. The van der Waals surface area contributed by atoms with Gasteiger partial charge in [0.1, 0.15) is 0 Å². The van der Waals surface area contributed by atoms with Crippen molar-refractivity contribution in [3.8, 4) is 0 Å². The van der Waals surface area contributed by atoms with E-state index in [9.17, 15) is 9.59 Å². The van der Waals surface area contributed by atoms with Gasteiger partial charge in [-0.05, 0) is 42.2 Å². The number of hydrogen-bond acceptors (Lipinski definition) is 3. The molecule has 25 heavy (non-hydrogen) atoms. The third-order valence-electron chi connectivity index (χ3n) is 4.85. The van der Waals surface area contributed by atoms with E-state index in [-0.39, 0.29) is 11.8 Å². The molecule has 128 valence electrons. The van der Waals surface area contributed by atoms with Crippen LogP contribution in [0.1, 0.15) is 24.0 Å². The quantitative estimate of drug-likeness (QED) is 0.870. The van der Waals surface area contributed by atoms with Gasteiger partial charge in [0.15, 0.2) is 0 Å². The molecule has 2 heterocycles. The number of likely N-dealkylation sites (tertiary alicyclic amines) is 1. The van der Waals surface area contributed by atoms with E-state index < -0.39 is 5.41 Å². The Hall–Kier alpha value is -2.95. The summed E-state index contributed by atoms with van der Waals surface area (Å²) in [4.78, 5) is 30.3. The van der Waals surface area contributed by atoms with E-state index >= 15 is 0 Å². The van der Waals surface area contributed by atoms with E-state index in [2.05, 4.69) is 4.98 Å². The Morgan fingerprint density at radius 2 is 1.68 bits per heavy atom. The number of aromatic nitrogens is 1. The first kappa shape index (κ1) is 16.9. The van der Waals surface area contributed by atoms with Crippen LogP contribution in [0, 0.1) is 0 Å². The van der Waals surface area contributed by atoms with Crippen LogP contribution < -0.4 is 5.73 Å². The maximum atomic E-state index is 12.4. The minimum atomic E-state index is -0.688. The van der Waals surface area contributed by atoms with Crippen molar-refractivity contribution >= 4 is 17.9 Å². The highest BCUT2D eigenvalue weighted by Gasteiger charge is 2.41. The maximum absolute atomic E-state index is 12.4. The molecule has 5 nitrogen and oxygen atoms in total. The molecule has 3 rings (SSSR count). The molecule has 0 aliphatic carbocycles. The molecule has 1 aliphatic rings. The van der Waals surface area contributed by atoms with Gasteiger partial charge in [0, 0.05) is 31.6 Å². The van der Waals surface area contributed by atoms with Crippen LogP contribution in [0.5, 0.6) is 0 Å². The predicted octanol–water partition coefficient (Wildman–Crippen LogP) is 2.14. The fourth-order valence-corrected chi connectivity index (χ4v) is 3.29. The van der Waals surface area contributed by atoms with Crippen molar-refractivity contribution in [3.63, 3.8) is 0 Å². The van der Waals surface area contributed by atoms with E-state index in [0.717, 1.165) is 11.1 Å². The molecule has 0 bridgehead atoms. The first-order chi connectivity index (χ1) is 12.1. The average Bonchev–Trinajstić information content (AvgIpc) is 2.67. The molecule has 2 amide bonds. The van der Waals surface area contributed by atoms with Gasteiger partial charge in [-0.2, -0.15) is 0 Å². The van der Waals surface area contributed by atoms with Crippen molar-refractivity contribution in [2.75, 3.05) is 13.1 Å². The van der Waals surface area contributed by atoms with Crippen molar-refractivity contribution < 1.29 is 9.59 Å². The minimum Gasteiger partial charge on any atom is -0.369 e. The van der Waals surface area contributed by atoms with E-state index in [1.807, 2.05) is 42.5 Å². The minimum absolute atomic E-state index is 0.0528. The second-order valence-corrected chi connectivity index (χ2v) is 6.25. The molecule has 0 radical (unpaired) electrons. The van der Waals surface area contributed by atoms with Gasteiger partial charge in [-0.1, -0.05) is 30.3 Å². The lowest BCUT2D eigenvalue weighted by Gasteiger charge is -2.39. The molecule has 1 aromatic carbocycles. The normalized spacial score (nSPS) is 16.7. The van der Waals surface area contributed by atoms with Crippen molar-refractivity contribution in [1.29, 1.82) is 0 Å². The monoisotopic (exact) mass is 335 g/mol. The summed E-state index contributed by atoms with van der Waals surface area (Å²) in [5.74, 6) is -0.374. The van der Waals surface area contributed by atoms with Crippen LogP contribution in [0.25, 0.3) is 6.08 Å². The topological polar surface area (TPSA) is 76.3 Å². The van der Waals surface area contributed by atoms with Crippen LogP contribution in [0.3, 0.4) is 0 Å². The maximum Gasteiger partial charge on any atom is 0.246 e. The SMILES string of the molecule is NC(=O)C1(c2ccccc2)CCN(C(=O)/C=C\c2ccncc2)CC1. The lowest BCUT2D eigenvalue weighted by molar-refractivity contribution is -0.132. The van der Waals surface area contributed by atoms with E-state index in [0.29, 0.717) is 25.9 Å². The van der Waals surface area contributed by atoms with Crippen molar-refractivity contribution in [2.24, 2.45) is 5.73 Å². The van der Waals surface area contributed by atoms with Gasteiger partial charge in [0.25, 0.3) is 0 Å². The standard InChI is InChI=1S/C20H21N3O2/c21-19(25)20(17-4-2-1-3-5-17)10-14-23(15-11-20)18(24)7-6-16-8-12-22-13-9-16/h1-9,12-13H,10-11,14-15H2,(H2,21,25)/b7-6-. The molecule has 1 aliphatic heterocycles. The Morgan fingerprint density at radius 1 is 1.04 bits per heavy atom. The number of pyridine rings is 1. The fourth-order valence-electron chi connectivity index (χ4n) is 3.29. The number of hydrogen-bond donors (Lipinski definition) is 1. The zero-order valence-electron chi connectivity index (χ0n) is 14.0. The molecule has 0 atom stereocenters. The van der Waals surface area contributed by atoms with Crippen molar-refractivity contribution in [3.05, 3.63) is 72.1 Å². The summed E-state index contributed by atoms with van der Waals surface area (Å²) in [5, 5.41) is 0. The van der Waals surface area contributed by atoms with Gasteiger partial charge in [-0.3, -0.25) is 14.6 Å². The molecule has 2 aromatic rings. The lowest BCUT2D eigenvalue weighted by Crippen LogP contribution is -2.51. The molecule has 0 unspecified atom stereocenters. The van der Waals surface area contributed by atoms with Crippen LogP contribution in [-0.2, 0) is 15.0 Å². The number of rotatable bonds is 4. The van der Waals surface area contributed by atoms with Crippen molar-refractivity contribution in [2.45, 2.75) is 18.3 Å². The number of piperidine rings is 1.